The summed E-state index contributed by atoms with van der Waals surface area (Å²) in [6, 6.07) is 8.25. The summed E-state index contributed by atoms with van der Waals surface area (Å²) < 4.78 is 15.5. The molecule has 2 unspecified atom stereocenters. The first-order valence-corrected chi connectivity index (χ1v) is 8.05. The predicted octanol–water partition coefficient (Wildman–Crippen LogP) is 2.49. The predicted molar refractivity (Wildman–Crippen MR) is 88.2 cm³/mol. The molecule has 0 spiro atoms. The normalized spacial score (nSPS) is 20.2. The minimum atomic E-state index is -0.955. The Balaban J connectivity index is 1.99. The van der Waals surface area contributed by atoms with E-state index in [1.165, 1.54) is 0 Å². The lowest BCUT2D eigenvalue weighted by molar-refractivity contribution is -0.161. The maximum atomic E-state index is 12.4. The van der Waals surface area contributed by atoms with Gasteiger partial charge in [0.25, 0.3) is 0 Å². The zero-order valence-corrected chi connectivity index (χ0v) is 14.9. The smallest absolute Gasteiger partial charge is 0.413 e. The van der Waals surface area contributed by atoms with E-state index in [1.807, 2.05) is 30.3 Å². The van der Waals surface area contributed by atoms with Crippen molar-refractivity contribution in [2.24, 2.45) is 5.41 Å². The number of carbonyl (C=O) groups excluding carboxylic acids is 3. The highest BCUT2D eigenvalue weighted by Gasteiger charge is 2.45. The maximum Gasteiger partial charge on any atom is 0.413 e. The number of hydrogen-bond donors (Lipinski definition) is 0. The average Bonchev–Trinajstić information content (AvgIpc) is 2.84. The van der Waals surface area contributed by atoms with Crippen LogP contribution in [-0.4, -0.2) is 41.8 Å². The van der Waals surface area contributed by atoms with Crippen molar-refractivity contribution < 1.29 is 28.6 Å². The van der Waals surface area contributed by atoms with Crippen molar-refractivity contribution in [3.63, 3.8) is 0 Å². The van der Waals surface area contributed by atoms with Gasteiger partial charge >= 0.3 is 18.0 Å². The van der Waals surface area contributed by atoms with E-state index in [9.17, 15) is 14.4 Å². The second kappa shape index (κ2) is 7.55. The van der Waals surface area contributed by atoms with Crippen LogP contribution in [0, 0.1) is 5.41 Å². The first-order chi connectivity index (χ1) is 11.7. The fraction of sp³-hybridized carbons (Fsp3) is 0.500. The molecule has 1 aliphatic rings. The highest BCUT2D eigenvalue weighted by molar-refractivity contribution is 5.85. The zero-order valence-electron chi connectivity index (χ0n) is 14.9. The van der Waals surface area contributed by atoms with Crippen LogP contribution in [-0.2, 0) is 30.4 Å². The molecule has 0 aliphatic carbocycles. The van der Waals surface area contributed by atoms with Crippen LogP contribution in [0.3, 0.4) is 0 Å². The van der Waals surface area contributed by atoms with Crippen LogP contribution in [0.2, 0.25) is 0 Å². The molecule has 0 aromatic heterocycles. The minimum absolute atomic E-state index is 0.0900. The van der Waals surface area contributed by atoms with Crippen LogP contribution >= 0.6 is 0 Å². The first kappa shape index (κ1) is 18.8. The number of nitrogens with zero attached hydrogens (tertiary/aromatic N) is 1. The summed E-state index contributed by atoms with van der Waals surface area (Å²) in [6.07, 6.45) is -1.40. The summed E-state index contributed by atoms with van der Waals surface area (Å²) >= 11 is 0. The van der Waals surface area contributed by atoms with Gasteiger partial charge in [-0.05, 0) is 33.3 Å². The van der Waals surface area contributed by atoms with Crippen LogP contribution in [0.25, 0.3) is 0 Å². The van der Waals surface area contributed by atoms with Crippen LogP contribution in [0.4, 0.5) is 4.79 Å². The molecule has 1 fully saturated rings. The Morgan fingerprint density at radius 2 is 1.80 bits per heavy atom. The van der Waals surface area contributed by atoms with Gasteiger partial charge in [-0.3, -0.25) is 9.69 Å². The second-order valence-electron chi connectivity index (χ2n) is 6.91. The first-order valence-electron chi connectivity index (χ1n) is 8.05. The standard InChI is InChI=1S/C18H23NO6/c1-12-14(15(20)23-10-13-8-6-5-7-9-13)19(17(22)25-12)11-24-16(21)18(2,3)4/h5-9,12,14H,10-11H2,1-4H3. The van der Waals surface area contributed by atoms with Gasteiger partial charge in [-0.1, -0.05) is 30.3 Å². The van der Waals surface area contributed by atoms with Gasteiger partial charge < -0.3 is 14.2 Å². The Kier molecular flexibility index (Phi) is 5.66. The summed E-state index contributed by atoms with van der Waals surface area (Å²) in [4.78, 5) is 37.3. The molecule has 1 heterocycles. The van der Waals surface area contributed by atoms with E-state index in [0.717, 1.165) is 10.5 Å². The molecule has 7 heteroatoms. The summed E-state index contributed by atoms with van der Waals surface area (Å²) in [5.74, 6) is -1.08. The number of hydrogen-bond acceptors (Lipinski definition) is 6. The number of carbonyl (C=O) groups is 3. The molecule has 2 atom stereocenters. The minimum Gasteiger partial charge on any atom is -0.459 e. The maximum absolute atomic E-state index is 12.4. The Morgan fingerprint density at radius 3 is 2.40 bits per heavy atom. The van der Waals surface area contributed by atoms with E-state index in [-0.39, 0.29) is 13.3 Å². The van der Waals surface area contributed by atoms with Crippen LogP contribution in [0.5, 0.6) is 0 Å². The van der Waals surface area contributed by atoms with E-state index in [4.69, 9.17) is 14.2 Å². The number of esters is 2. The van der Waals surface area contributed by atoms with Crippen molar-refractivity contribution >= 4 is 18.0 Å². The van der Waals surface area contributed by atoms with Crippen LogP contribution < -0.4 is 0 Å². The van der Waals surface area contributed by atoms with Crippen molar-refractivity contribution in [3.05, 3.63) is 35.9 Å². The number of benzene rings is 1. The second-order valence-corrected chi connectivity index (χ2v) is 6.91. The fourth-order valence-corrected chi connectivity index (χ4v) is 2.27. The van der Waals surface area contributed by atoms with Gasteiger partial charge in [0.05, 0.1) is 5.41 Å². The van der Waals surface area contributed by atoms with Crippen molar-refractivity contribution in [2.45, 2.75) is 46.4 Å². The van der Waals surface area contributed by atoms with E-state index in [1.54, 1.807) is 27.7 Å². The molecule has 2 rings (SSSR count). The molecule has 1 amide bonds. The van der Waals surface area contributed by atoms with Crippen molar-refractivity contribution in [2.75, 3.05) is 6.73 Å². The lowest BCUT2D eigenvalue weighted by atomic mass is 9.97. The third-order valence-corrected chi connectivity index (χ3v) is 3.71. The van der Waals surface area contributed by atoms with Gasteiger partial charge in [0.15, 0.2) is 12.8 Å². The van der Waals surface area contributed by atoms with E-state index in [0.29, 0.717) is 0 Å². The molecule has 1 aromatic rings. The molecule has 7 nitrogen and oxygen atoms in total. The molecule has 0 N–H and O–H groups in total. The van der Waals surface area contributed by atoms with Crippen molar-refractivity contribution in [1.82, 2.24) is 4.90 Å². The Hall–Kier alpha value is -2.57. The van der Waals surface area contributed by atoms with E-state index in [2.05, 4.69) is 0 Å². The van der Waals surface area contributed by atoms with Crippen LogP contribution in [0.15, 0.2) is 30.3 Å². The molecular formula is C18H23NO6. The van der Waals surface area contributed by atoms with Crippen molar-refractivity contribution in [3.8, 4) is 0 Å². The summed E-state index contributed by atoms with van der Waals surface area (Å²) in [5.41, 5.74) is 0.123. The SMILES string of the molecule is CC1OC(=O)N(COC(=O)C(C)(C)C)C1C(=O)OCc1ccccc1. The van der Waals surface area contributed by atoms with E-state index >= 15 is 0 Å². The molecule has 0 saturated carbocycles. The molecule has 0 bridgehead atoms. The number of amides is 1. The highest BCUT2D eigenvalue weighted by Crippen LogP contribution is 2.22. The number of rotatable bonds is 5. The molecule has 0 radical (unpaired) electrons. The topological polar surface area (TPSA) is 82.1 Å². The zero-order chi connectivity index (χ0) is 18.6. The fourth-order valence-electron chi connectivity index (χ4n) is 2.27. The molecular weight excluding hydrogens is 326 g/mol. The summed E-state index contributed by atoms with van der Waals surface area (Å²) in [5, 5.41) is 0. The summed E-state index contributed by atoms with van der Waals surface area (Å²) in [7, 11) is 0. The Bertz CT molecular complexity index is 637. The Labute approximate surface area is 146 Å². The van der Waals surface area contributed by atoms with Gasteiger partial charge in [0, 0.05) is 0 Å². The molecule has 1 aliphatic heterocycles. The quantitative estimate of drug-likeness (QED) is 0.600. The lowest BCUT2D eigenvalue weighted by Crippen LogP contribution is -2.45. The van der Waals surface area contributed by atoms with Crippen molar-refractivity contribution in [1.29, 1.82) is 0 Å². The average molecular weight is 349 g/mol. The van der Waals surface area contributed by atoms with Crippen LogP contribution in [0.1, 0.15) is 33.3 Å². The van der Waals surface area contributed by atoms with Gasteiger partial charge in [-0.2, -0.15) is 0 Å². The largest absolute Gasteiger partial charge is 0.459 e. The van der Waals surface area contributed by atoms with Gasteiger partial charge in [-0.15, -0.1) is 0 Å². The molecule has 1 aromatic carbocycles. The molecule has 1 saturated heterocycles. The van der Waals surface area contributed by atoms with E-state index < -0.39 is 35.6 Å². The monoisotopic (exact) mass is 349 g/mol. The highest BCUT2D eigenvalue weighted by atomic mass is 16.6. The van der Waals surface area contributed by atoms with Gasteiger partial charge in [0.1, 0.15) is 12.7 Å². The lowest BCUT2D eigenvalue weighted by Gasteiger charge is -2.23. The third kappa shape index (κ3) is 4.71. The third-order valence-electron chi connectivity index (χ3n) is 3.71. The van der Waals surface area contributed by atoms with Gasteiger partial charge in [-0.25, -0.2) is 9.59 Å². The van der Waals surface area contributed by atoms with Gasteiger partial charge in [0.2, 0.25) is 0 Å². The number of ether oxygens (including phenoxy) is 3. The molecule has 136 valence electrons. The Morgan fingerprint density at radius 1 is 1.16 bits per heavy atom. The number of cyclic esters (lactones) is 1. The summed E-state index contributed by atoms with van der Waals surface area (Å²) in [6.45, 7) is 6.43. The molecule has 25 heavy (non-hydrogen) atoms.